The lowest BCUT2D eigenvalue weighted by Gasteiger charge is -2.23. The van der Waals surface area contributed by atoms with Gasteiger partial charge in [-0.15, -0.1) is 0 Å². The summed E-state index contributed by atoms with van der Waals surface area (Å²) in [6.07, 6.45) is 0. The summed E-state index contributed by atoms with van der Waals surface area (Å²) in [7, 11) is 0. The fourth-order valence-corrected chi connectivity index (χ4v) is 2.47. The maximum absolute atomic E-state index is 6.17. The largest absolute Gasteiger partial charge is 0.326 e. The van der Waals surface area contributed by atoms with Crippen LogP contribution in [0.25, 0.3) is 0 Å². The van der Waals surface area contributed by atoms with Crippen LogP contribution in [0.5, 0.6) is 0 Å². The molecule has 0 aliphatic heterocycles. The lowest BCUT2D eigenvalue weighted by molar-refractivity contribution is 0.443. The van der Waals surface area contributed by atoms with Gasteiger partial charge in [-0.2, -0.15) is 5.10 Å². The van der Waals surface area contributed by atoms with Gasteiger partial charge in [-0.1, -0.05) is 23.7 Å². The van der Waals surface area contributed by atoms with Gasteiger partial charge in [0.2, 0.25) is 0 Å². The molecule has 0 aliphatic carbocycles. The number of benzene rings is 1. The molecule has 3 nitrogen and oxygen atoms in total. The first kappa shape index (κ1) is 14.1. The van der Waals surface area contributed by atoms with E-state index in [1.54, 1.807) is 0 Å². The van der Waals surface area contributed by atoms with E-state index in [2.05, 4.69) is 18.9 Å². The zero-order valence-electron chi connectivity index (χ0n) is 11.8. The van der Waals surface area contributed by atoms with Crippen LogP contribution in [0.3, 0.4) is 0 Å². The van der Waals surface area contributed by atoms with Crippen LogP contribution in [-0.4, -0.2) is 15.8 Å². The molecule has 2 rings (SSSR count). The number of hydrogen-bond donors (Lipinski definition) is 1. The average molecular weight is 278 g/mol. The molecule has 0 bridgehead atoms. The maximum atomic E-state index is 6.17. The van der Waals surface area contributed by atoms with E-state index < -0.39 is 0 Å². The van der Waals surface area contributed by atoms with E-state index in [0.717, 1.165) is 22.0 Å². The van der Waals surface area contributed by atoms with Crippen LogP contribution in [-0.2, 0) is 0 Å². The number of halogens is 1. The molecule has 2 aromatic rings. The Bertz CT molecular complexity index is 570. The molecular formula is C15H20ClN3. The summed E-state index contributed by atoms with van der Waals surface area (Å²) in [6, 6.07) is 7.82. The van der Waals surface area contributed by atoms with Crippen molar-refractivity contribution in [1.82, 2.24) is 9.78 Å². The summed E-state index contributed by atoms with van der Waals surface area (Å²) in [5.74, 6) is 0. The second kappa shape index (κ2) is 5.35. The zero-order valence-corrected chi connectivity index (χ0v) is 12.6. The molecule has 102 valence electrons. The molecule has 0 radical (unpaired) electrons. The highest BCUT2D eigenvalue weighted by molar-refractivity contribution is 6.30. The quantitative estimate of drug-likeness (QED) is 0.934. The van der Waals surface area contributed by atoms with E-state index in [-0.39, 0.29) is 12.1 Å². The fraction of sp³-hybridized carbons (Fsp3) is 0.400. The van der Waals surface area contributed by atoms with Gasteiger partial charge < -0.3 is 5.73 Å². The van der Waals surface area contributed by atoms with Crippen molar-refractivity contribution >= 4 is 11.6 Å². The number of aromatic nitrogens is 2. The topological polar surface area (TPSA) is 43.8 Å². The Kier molecular flexibility index (Phi) is 3.97. The number of aryl methyl sites for hydroxylation is 1. The average Bonchev–Trinajstić information content (AvgIpc) is 2.60. The van der Waals surface area contributed by atoms with Gasteiger partial charge in [0.25, 0.3) is 0 Å². The van der Waals surface area contributed by atoms with E-state index >= 15 is 0 Å². The van der Waals surface area contributed by atoms with Gasteiger partial charge in [0.1, 0.15) is 0 Å². The standard InChI is InChI=1S/C15H20ClN3/c1-9-11(3)18-19(12(9)4)15(10(2)17)13-5-7-14(16)8-6-13/h5-8,10,15H,17H2,1-4H3. The number of nitrogens with zero attached hydrogens (tertiary/aromatic N) is 2. The molecule has 0 fully saturated rings. The Hall–Kier alpha value is -1.32. The first-order valence-electron chi connectivity index (χ1n) is 6.45. The summed E-state index contributed by atoms with van der Waals surface area (Å²) in [6.45, 7) is 8.21. The molecule has 19 heavy (non-hydrogen) atoms. The number of rotatable bonds is 3. The number of hydrogen-bond acceptors (Lipinski definition) is 2. The molecule has 2 N–H and O–H groups in total. The highest BCUT2D eigenvalue weighted by Gasteiger charge is 2.22. The lowest BCUT2D eigenvalue weighted by Crippen LogP contribution is -2.31. The molecule has 0 aliphatic rings. The van der Waals surface area contributed by atoms with E-state index in [9.17, 15) is 0 Å². The molecule has 0 spiro atoms. The predicted molar refractivity (Wildman–Crippen MR) is 79.7 cm³/mol. The van der Waals surface area contributed by atoms with Crippen molar-refractivity contribution in [2.45, 2.75) is 39.8 Å². The number of nitrogens with two attached hydrogens (primary N) is 1. The molecule has 0 saturated carbocycles. The fourth-order valence-electron chi connectivity index (χ4n) is 2.34. The second-order valence-electron chi connectivity index (χ2n) is 5.10. The monoisotopic (exact) mass is 277 g/mol. The van der Waals surface area contributed by atoms with Crippen LogP contribution < -0.4 is 5.73 Å². The Balaban J connectivity index is 2.51. The minimum Gasteiger partial charge on any atom is -0.326 e. The Labute approximate surface area is 119 Å². The predicted octanol–water partition coefficient (Wildman–Crippen LogP) is 3.40. The summed E-state index contributed by atoms with van der Waals surface area (Å²) in [4.78, 5) is 0. The van der Waals surface area contributed by atoms with Gasteiger partial charge in [-0.25, -0.2) is 0 Å². The normalized spacial score (nSPS) is 14.4. The Morgan fingerprint density at radius 1 is 1.16 bits per heavy atom. The van der Waals surface area contributed by atoms with Crippen LogP contribution in [0.2, 0.25) is 5.02 Å². The van der Waals surface area contributed by atoms with Gasteiger partial charge in [0, 0.05) is 16.8 Å². The van der Waals surface area contributed by atoms with Crippen molar-refractivity contribution in [2.75, 3.05) is 0 Å². The molecular weight excluding hydrogens is 258 g/mol. The molecule has 0 amide bonds. The van der Waals surface area contributed by atoms with Crippen LogP contribution in [0.4, 0.5) is 0 Å². The van der Waals surface area contributed by atoms with Gasteiger partial charge in [0.05, 0.1) is 11.7 Å². The van der Waals surface area contributed by atoms with Crippen molar-refractivity contribution in [3.63, 3.8) is 0 Å². The van der Waals surface area contributed by atoms with E-state index in [1.165, 1.54) is 5.56 Å². The first-order valence-corrected chi connectivity index (χ1v) is 6.83. The minimum absolute atomic E-state index is 0.0291. The summed E-state index contributed by atoms with van der Waals surface area (Å²) in [5.41, 5.74) is 10.7. The zero-order chi connectivity index (χ0) is 14.2. The van der Waals surface area contributed by atoms with E-state index in [0.29, 0.717) is 0 Å². The Morgan fingerprint density at radius 2 is 1.74 bits per heavy atom. The SMILES string of the molecule is Cc1nn(C(c2ccc(Cl)cc2)C(C)N)c(C)c1C. The summed E-state index contributed by atoms with van der Waals surface area (Å²) in [5, 5.41) is 5.37. The van der Waals surface area contributed by atoms with Crippen molar-refractivity contribution < 1.29 is 0 Å². The van der Waals surface area contributed by atoms with Crippen molar-refractivity contribution in [2.24, 2.45) is 5.73 Å². The van der Waals surface area contributed by atoms with Crippen LogP contribution >= 0.6 is 11.6 Å². The van der Waals surface area contributed by atoms with Gasteiger partial charge in [-0.3, -0.25) is 4.68 Å². The smallest absolute Gasteiger partial charge is 0.0919 e. The van der Waals surface area contributed by atoms with Crippen LogP contribution in [0.15, 0.2) is 24.3 Å². The van der Waals surface area contributed by atoms with Gasteiger partial charge in [0.15, 0.2) is 0 Å². The third-order valence-corrected chi connectivity index (χ3v) is 3.91. The van der Waals surface area contributed by atoms with E-state index in [4.69, 9.17) is 17.3 Å². The molecule has 2 atom stereocenters. The maximum Gasteiger partial charge on any atom is 0.0919 e. The van der Waals surface area contributed by atoms with Gasteiger partial charge >= 0.3 is 0 Å². The van der Waals surface area contributed by atoms with Crippen LogP contribution in [0.1, 0.15) is 35.5 Å². The molecule has 2 unspecified atom stereocenters. The highest BCUT2D eigenvalue weighted by Crippen LogP contribution is 2.26. The summed E-state index contributed by atoms with van der Waals surface area (Å²) < 4.78 is 2.03. The van der Waals surface area contributed by atoms with Gasteiger partial charge in [-0.05, 0) is 51.0 Å². The first-order chi connectivity index (χ1) is 8.91. The Morgan fingerprint density at radius 3 is 2.16 bits per heavy atom. The molecule has 1 aromatic heterocycles. The third kappa shape index (κ3) is 2.67. The third-order valence-electron chi connectivity index (χ3n) is 3.66. The highest BCUT2D eigenvalue weighted by atomic mass is 35.5. The van der Waals surface area contributed by atoms with Crippen molar-refractivity contribution in [1.29, 1.82) is 0 Å². The molecule has 1 aromatic carbocycles. The minimum atomic E-state index is -0.0291. The van der Waals surface area contributed by atoms with Crippen molar-refractivity contribution in [3.05, 3.63) is 51.8 Å². The molecule has 0 saturated heterocycles. The van der Waals surface area contributed by atoms with E-state index in [1.807, 2.05) is 42.8 Å². The molecule has 1 heterocycles. The molecule has 4 heteroatoms. The lowest BCUT2D eigenvalue weighted by atomic mass is 10.0. The van der Waals surface area contributed by atoms with Crippen molar-refractivity contribution in [3.8, 4) is 0 Å². The summed E-state index contributed by atoms with van der Waals surface area (Å²) >= 11 is 5.95. The van der Waals surface area contributed by atoms with Crippen LogP contribution in [0, 0.1) is 20.8 Å². The second-order valence-corrected chi connectivity index (χ2v) is 5.53.